The first-order valence-corrected chi connectivity index (χ1v) is 4.30. The number of nitrogens with zero attached hydrogens (tertiary/aromatic N) is 2. The summed E-state index contributed by atoms with van der Waals surface area (Å²) in [6, 6.07) is 5.81. The minimum absolute atomic E-state index is 0.777. The molecule has 0 aliphatic rings. The van der Waals surface area contributed by atoms with Crippen LogP contribution in [0.1, 0.15) is 0 Å². The van der Waals surface area contributed by atoms with Gasteiger partial charge in [-0.25, -0.2) is 0 Å². The van der Waals surface area contributed by atoms with Gasteiger partial charge < -0.3 is 4.74 Å². The highest BCUT2D eigenvalue weighted by Crippen LogP contribution is 2.27. The summed E-state index contributed by atoms with van der Waals surface area (Å²) in [6.07, 6.45) is 6.97. The van der Waals surface area contributed by atoms with E-state index < -0.39 is 0 Å². The molecule has 0 aliphatic carbocycles. The summed E-state index contributed by atoms with van der Waals surface area (Å²) in [6.45, 7) is 0. The molecule has 14 heavy (non-hydrogen) atoms. The first kappa shape index (κ1) is 8.69. The lowest BCUT2D eigenvalue weighted by Gasteiger charge is -2.06. The third-order valence-electron chi connectivity index (χ3n) is 2.00. The highest BCUT2D eigenvalue weighted by atomic mass is 16.5. The number of hydrogen-bond acceptors (Lipinski definition) is 3. The van der Waals surface area contributed by atoms with Gasteiger partial charge in [-0.05, 0) is 23.8 Å². The van der Waals surface area contributed by atoms with E-state index in [4.69, 9.17) is 4.74 Å². The summed E-state index contributed by atoms with van der Waals surface area (Å²) in [5.74, 6) is 0.777. The summed E-state index contributed by atoms with van der Waals surface area (Å²) < 4.78 is 5.22. The van der Waals surface area contributed by atoms with Gasteiger partial charge in [0.05, 0.1) is 13.3 Å². The normalized spacial score (nSPS) is 9.79. The van der Waals surface area contributed by atoms with Gasteiger partial charge in [0.25, 0.3) is 0 Å². The van der Waals surface area contributed by atoms with Gasteiger partial charge in [0.1, 0.15) is 5.75 Å². The molecular weight excluding hydrogens is 176 g/mol. The summed E-state index contributed by atoms with van der Waals surface area (Å²) in [5, 5.41) is 0. The molecule has 0 aliphatic heterocycles. The Morgan fingerprint density at radius 1 is 1.00 bits per heavy atom. The predicted octanol–water partition coefficient (Wildman–Crippen LogP) is 2.15. The quantitative estimate of drug-likeness (QED) is 0.720. The summed E-state index contributed by atoms with van der Waals surface area (Å²) in [7, 11) is 1.64. The summed E-state index contributed by atoms with van der Waals surface area (Å²) in [5.41, 5.74) is 2.11. The van der Waals surface area contributed by atoms with Crippen LogP contribution >= 0.6 is 0 Å². The van der Waals surface area contributed by atoms with Gasteiger partial charge in [0.15, 0.2) is 0 Å². The van der Waals surface area contributed by atoms with E-state index in [1.165, 1.54) is 0 Å². The van der Waals surface area contributed by atoms with Crippen molar-refractivity contribution in [2.75, 3.05) is 7.11 Å². The molecule has 2 aromatic rings. The molecule has 70 valence electrons. The first-order valence-electron chi connectivity index (χ1n) is 4.30. The van der Waals surface area contributed by atoms with Crippen LogP contribution in [-0.4, -0.2) is 17.1 Å². The van der Waals surface area contributed by atoms with Crippen molar-refractivity contribution < 1.29 is 4.74 Å². The zero-order valence-corrected chi connectivity index (χ0v) is 7.84. The molecular formula is C11H10N2O. The van der Waals surface area contributed by atoms with Crippen molar-refractivity contribution in [3.8, 4) is 16.9 Å². The van der Waals surface area contributed by atoms with Crippen molar-refractivity contribution in [1.29, 1.82) is 0 Å². The van der Waals surface area contributed by atoms with Crippen molar-refractivity contribution in [3.05, 3.63) is 43.0 Å². The third kappa shape index (κ3) is 1.57. The molecule has 0 spiro atoms. The van der Waals surface area contributed by atoms with Gasteiger partial charge in [-0.1, -0.05) is 0 Å². The van der Waals surface area contributed by atoms with Crippen molar-refractivity contribution in [2.45, 2.75) is 0 Å². The van der Waals surface area contributed by atoms with Gasteiger partial charge in [-0.3, -0.25) is 9.97 Å². The lowest BCUT2D eigenvalue weighted by atomic mass is 10.1. The largest absolute Gasteiger partial charge is 0.494 e. The van der Waals surface area contributed by atoms with Crippen LogP contribution in [0.15, 0.2) is 43.0 Å². The molecule has 0 radical (unpaired) electrons. The Kier molecular flexibility index (Phi) is 2.40. The lowest BCUT2D eigenvalue weighted by Crippen LogP contribution is -1.88. The minimum atomic E-state index is 0.777. The number of methoxy groups -OCH3 is 1. The molecule has 3 nitrogen and oxygen atoms in total. The van der Waals surface area contributed by atoms with Gasteiger partial charge in [0, 0.05) is 24.2 Å². The molecule has 0 bridgehead atoms. The number of rotatable bonds is 2. The van der Waals surface area contributed by atoms with Crippen LogP contribution in [0.5, 0.6) is 5.75 Å². The maximum absolute atomic E-state index is 5.22. The average molecular weight is 186 g/mol. The second-order valence-corrected chi connectivity index (χ2v) is 2.81. The number of ether oxygens (including phenoxy) is 1. The van der Waals surface area contributed by atoms with E-state index in [2.05, 4.69) is 9.97 Å². The molecule has 0 saturated heterocycles. The minimum Gasteiger partial charge on any atom is -0.494 e. The molecule has 2 aromatic heterocycles. The Morgan fingerprint density at radius 2 is 1.71 bits per heavy atom. The zero-order valence-electron chi connectivity index (χ0n) is 7.84. The topological polar surface area (TPSA) is 35.0 Å². The monoisotopic (exact) mass is 186 g/mol. The average Bonchev–Trinajstić information content (AvgIpc) is 2.30. The lowest BCUT2D eigenvalue weighted by molar-refractivity contribution is 0.414. The fourth-order valence-corrected chi connectivity index (χ4v) is 1.31. The second kappa shape index (κ2) is 3.87. The molecule has 0 atom stereocenters. The van der Waals surface area contributed by atoms with E-state index in [0.29, 0.717) is 0 Å². The number of aromatic nitrogens is 2. The Hall–Kier alpha value is -1.90. The molecule has 0 saturated carbocycles. The molecule has 0 amide bonds. The van der Waals surface area contributed by atoms with Crippen LogP contribution in [0.3, 0.4) is 0 Å². The number of pyridine rings is 2. The highest BCUT2D eigenvalue weighted by molar-refractivity contribution is 5.68. The number of hydrogen-bond donors (Lipinski definition) is 0. The highest BCUT2D eigenvalue weighted by Gasteiger charge is 2.03. The van der Waals surface area contributed by atoms with Crippen molar-refractivity contribution in [3.63, 3.8) is 0 Å². The Labute approximate surface area is 82.4 Å². The Balaban J connectivity index is 2.51. The zero-order chi connectivity index (χ0) is 9.80. The maximum Gasteiger partial charge on any atom is 0.144 e. The van der Waals surface area contributed by atoms with Crippen LogP contribution in [0.4, 0.5) is 0 Å². The van der Waals surface area contributed by atoms with E-state index in [1.807, 2.05) is 18.2 Å². The van der Waals surface area contributed by atoms with Crippen molar-refractivity contribution >= 4 is 0 Å². The fraction of sp³-hybridized carbons (Fsp3) is 0.0909. The fourth-order valence-electron chi connectivity index (χ4n) is 1.31. The van der Waals surface area contributed by atoms with Crippen LogP contribution in [0.25, 0.3) is 11.1 Å². The predicted molar refractivity (Wildman–Crippen MR) is 54.0 cm³/mol. The first-order chi connectivity index (χ1) is 6.92. The standard InChI is InChI=1S/C11H10N2O/c1-14-11-8-13-7-4-10(11)9-2-5-12-6-3-9/h2-8H,1H3. The van der Waals surface area contributed by atoms with Gasteiger partial charge >= 0.3 is 0 Å². The second-order valence-electron chi connectivity index (χ2n) is 2.81. The summed E-state index contributed by atoms with van der Waals surface area (Å²) >= 11 is 0. The van der Waals surface area contributed by atoms with Gasteiger partial charge in [-0.15, -0.1) is 0 Å². The third-order valence-corrected chi connectivity index (χ3v) is 2.00. The van der Waals surface area contributed by atoms with Crippen LogP contribution in [0.2, 0.25) is 0 Å². The van der Waals surface area contributed by atoms with Crippen LogP contribution < -0.4 is 4.74 Å². The molecule has 2 heterocycles. The molecule has 0 fully saturated rings. The van der Waals surface area contributed by atoms with E-state index in [1.54, 1.807) is 31.9 Å². The molecule has 2 rings (SSSR count). The smallest absolute Gasteiger partial charge is 0.144 e. The van der Waals surface area contributed by atoms with E-state index in [9.17, 15) is 0 Å². The van der Waals surface area contributed by atoms with Crippen molar-refractivity contribution in [2.24, 2.45) is 0 Å². The SMILES string of the molecule is COc1cnccc1-c1ccncc1. The molecule has 0 N–H and O–H groups in total. The van der Waals surface area contributed by atoms with E-state index in [-0.39, 0.29) is 0 Å². The molecule has 0 aromatic carbocycles. The molecule has 0 unspecified atom stereocenters. The summed E-state index contributed by atoms with van der Waals surface area (Å²) in [4.78, 5) is 7.97. The van der Waals surface area contributed by atoms with Crippen molar-refractivity contribution in [1.82, 2.24) is 9.97 Å². The van der Waals surface area contributed by atoms with Crippen LogP contribution in [-0.2, 0) is 0 Å². The van der Waals surface area contributed by atoms with Gasteiger partial charge in [0.2, 0.25) is 0 Å². The Morgan fingerprint density at radius 3 is 2.43 bits per heavy atom. The van der Waals surface area contributed by atoms with E-state index >= 15 is 0 Å². The maximum atomic E-state index is 5.22. The van der Waals surface area contributed by atoms with E-state index in [0.717, 1.165) is 16.9 Å². The van der Waals surface area contributed by atoms with Crippen LogP contribution in [0, 0.1) is 0 Å². The van der Waals surface area contributed by atoms with Gasteiger partial charge in [-0.2, -0.15) is 0 Å². The molecule has 3 heteroatoms. The Bertz CT molecular complexity index is 415.